The molecule has 0 radical (unpaired) electrons. The molecule has 0 spiro atoms. The van der Waals surface area contributed by atoms with Crippen LogP contribution in [-0.2, 0) is 4.74 Å². The predicted octanol–water partition coefficient (Wildman–Crippen LogP) is 3.15. The maximum atomic E-state index is 14.0. The molecule has 3 aromatic rings. The molecule has 5 atom stereocenters. The number of carbonyl (C=O) groups is 1. The van der Waals surface area contributed by atoms with E-state index >= 15 is 0 Å². The number of nitrogens with zero attached hydrogens (tertiary/aromatic N) is 4. The van der Waals surface area contributed by atoms with Crippen LogP contribution in [0.3, 0.4) is 0 Å². The molecule has 38 heavy (non-hydrogen) atoms. The summed E-state index contributed by atoms with van der Waals surface area (Å²) in [6.07, 6.45) is -1.72. The van der Waals surface area contributed by atoms with Crippen LogP contribution in [-0.4, -0.2) is 84.6 Å². The van der Waals surface area contributed by atoms with Crippen molar-refractivity contribution in [3.8, 4) is 11.3 Å². The van der Waals surface area contributed by atoms with Gasteiger partial charge < -0.3 is 25.0 Å². The number of aliphatic hydroxyl groups excluding tert-OH is 3. The Bertz CT molecular complexity index is 1340. The van der Waals surface area contributed by atoms with Crippen LogP contribution >= 0.6 is 35.0 Å². The fourth-order valence-corrected chi connectivity index (χ4v) is 5.89. The van der Waals surface area contributed by atoms with E-state index in [-0.39, 0.29) is 17.2 Å². The number of rotatable bonds is 6. The molecule has 2 aliphatic heterocycles. The summed E-state index contributed by atoms with van der Waals surface area (Å²) in [5.74, 6) is -2.15. The summed E-state index contributed by atoms with van der Waals surface area (Å²) in [5.41, 5.74) is -0.565. The Morgan fingerprint density at radius 2 is 1.84 bits per heavy atom. The van der Waals surface area contributed by atoms with Gasteiger partial charge in [0.2, 0.25) is 0 Å². The highest BCUT2D eigenvalue weighted by molar-refractivity contribution is 8.00. The van der Waals surface area contributed by atoms with E-state index in [2.05, 4.69) is 10.3 Å². The normalized spacial score (nSPS) is 25.3. The van der Waals surface area contributed by atoms with Crippen molar-refractivity contribution in [2.24, 2.45) is 0 Å². The third-order valence-electron chi connectivity index (χ3n) is 6.50. The maximum Gasteiger partial charge on any atom is 0.254 e. The van der Waals surface area contributed by atoms with Crippen LogP contribution in [0.2, 0.25) is 10.0 Å². The Balaban J connectivity index is 1.44. The van der Waals surface area contributed by atoms with Gasteiger partial charge >= 0.3 is 0 Å². The van der Waals surface area contributed by atoms with Crippen LogP contribution < -0.4 is 0 Å². The first kappa shape index (κ1) is 27.3. The second-order valence-corrected chi connectivity index (χ2v) is 10.9. The van der Waals surface area contributed by atoms with Crippen LogP contribution in [0.15, 0.2) is 41.4 Å². The van der Waals surface area contributed by atoms with Gasteiger partial charge in [0.25, 0.3) is 5.91 Å². The average molecular weight is 587 g/mol. The summed E-state index contributed by atoms with van der Waals surface area (Å²) >= 11 is 12.8. The number of ether oxygens (including phenoxy) is 1. The SMILES string of the molecule is O=C(c1ccc(Cl)cc1SC1OC(CO)C(O)C(n2cc(-c3cc(F)c(Cl)c(F)c3)nn2)C1O)N1CCC1. The fraction of sp³-hybridized carbons (Fsp3) is 0.375. The number of hydrogen-bond donors (Lipinski definition) is 3. The molecule has 1 aromatic heterocycles. The zero-order valence-corrected chi connectivity index (χ0v) is 21.9. The van der Waals surface area contributed by atoms with Crippen molar-refractivity contribution in [3.05, 3.63) is 63.8 Å². The van der Waals surface area contributed by atoms with Crippen LogP contribution in [0.1, 0.15) is 22.8 Å². The smallest absolute Gasteiger partial charge is 0.254 e. The first-order chi connectivity index (χ1) is 18.2. The lowest BCUT2D eigenvalue weighted by Crippen LogP contribution is -2.55. The Labute approximate surface area is 229 Å². The molecule has 2 fully saturated rings. The monoisotopic (exact) mass is 586 g/mol. The molecule has 5 rings (SSSR count). The van der Waals surface area contributed by atoms with Gasteiger partial charge in [-0.15, -0.1) is 5.10 Å². The lowest BCUT2D eigenvalue weighted by Gasteiger charge is -2.42. The van der Waals surface area contributed by atoms with Crippen LogP contribution in [0.5, 0.6) is 0 Å². The third-order valence-corrected chi connectivity index (χ3v) is 8.31. The highest BCUT2D eigenvalue weighted by Gasteiger charge is 2.46. The van der Waals surface area contributed by atoms with Gasteiger partial charge in [-0.2, -0.15) is 0 Å². The predicted molar refractivity (Wildman–Crippen MR) is 135 cm³/mol. The summed E-state index contributed by atoms with van der Waals surface area (Å²) in [5, 5.41) is 39.6. The summed E-state index contributed by atoms with van der Waals surface area (Å²) in [6.45, 7) is 0.710. The third kappa shape index (κ3) is 5.14. The minimum Gasteiger partial charge on any atom is -0.394 e. The lowest BCUT2D eigenvalue weighted by molar-refractivity contribution is -0.178. The maximum absolute atomic E-state index is 14.0. The number of halogens is 4. The molecule has 9 nitrogen and oxygen atoms in total. The standard InChI is InChI=1S/C24H22Cl2F2N4O5S/c25-12-2-3-13(23(36)31-4-1-5-31)18(8-12)38-24-22(35)20(21(34)17(10-33)37-24)32-9-16(29-30-32)11-6-14(27)19(26)15(28)7-11/h2-3,6-9,17,20-22,24,33-35H,1,4-5,10H2. The summed E-state index contributed by atoms with van der Waals surface area (Å²) in [6, 6.07) is 5.60. The van der Waals surface area contributed by atoms with Gasteiger partial charge in [-0.25, -0.2) is 13.5 Å². The van der Waals surface area contributed by atoms with E-state index in [0.717, 1.165) is 35.0 Å². The van der Waals surface area contributed by atoms with Crippen molar-refractivity contribution in [2.75, 3.05) is 19.7 Å². The summed E-state index contributed by atoms with van der Waals surface area (Å²) in [4.78, 5) is 15.1. The van der Waals surface area contributed by atoms with Crippen molar-refractivity contribution in [3.63, 3.8) is 0 Å². The molecule has 1 amide bonds. The number of benzene rings is 2. The van der Waals surface area contributed by atoms with Gasteiger partial charge in [0.05, 0.1) is 18.4 Å². The molecule has 5 unspecified atom stereocenters. The highest BCUT2D eigenvalue weighted by Crippen LogP contribution is 2.40. The van der Waals surface area contributed by atoms with E-state index in [1.54, 1.807) is 23.1 Å². The highest BCUT2D eigenvalue weighted by atomic mass is 35.5. The van der Waals surface area contributed by atoms with E-state index in [1.807, 2.05) is 0 Å². The van der Waals surface area contributed by atoms with Gasteiger partial charge in [-0.1, -0.05) is 40.2 Å². The number of likely N-dealkylation sites (tertiary alicyclic amines) is 1. The molecule has 14 heteroatoms. The first-order valence-corrected chi connectivity index (χ1v) is 13.3. The largest absolute Gasteiger partial charge is 0.394 e. The second kappa shape index (κ2) is 11.0. The van der Waals surface area contributed by atoms with Crippen molar-refractivity contribution in [1.82, 2.24) is 19.9 Å². The molecular formula is C24H22Cl2F2N4O5S. The minimum absolute atomic E-state index is 0.0457. The first-order valence-electron chi connectivity index (χ1n) is 11.6. The van der Waals surface area contributed by atoms with E-state index in [0.29, 0.717) is 28.6 Å². The topological polar surface area (TPSA) is 121 Å². The summed E-state index contributed by atoms with van der Waals surface area (Å²) < 4.78 is 34.9. The van der Waals surface area contributed by atoms with Crippen molar-refractivity contribution in [1.29, 1.82) is 0 Å². The second-order valence-electron chi connectivity index (χ2n) is 8.94. The Morgan fingerprint density at radius 3 is 2.47 bits per heavy atom. The number of aliphatic hydroxyl groups is 3. The van der Waals surface area contributed by atoms with Crippen molar-refractivity contribution >= 4 is 40.9 Å². The molecule has 3 heterocycles. The summed E-state index contributed by atoms with van der Waals surface area (Å²) in [7, 11) is 0. The van der Waals surface area contributed by atoms with Crippen LogP contribution in [0.25, 0.3) is 11.3 Å². The molecule has 2 aliphatic rings. The van der Waals surface area contributed by atoms with E-state index in [4.69, 9.17) is 27.9 Å². The van der Waals surface area contributed by atoms with Gasteiger partial charge in [0, 0.05) is 28.6 Å². The molecule has 2 aromatic carbocycles. The molecule has 2 saturated heterocycles. The molecule has 0 saturated carbocycles. The molecule has 0 aliphatic carbocycles. The molecular weight excluding hydrogens is 565 g/mol. The van der Waals surface area contributed by atoms with Crippen molar-refractivity contribution in [2.45, 2.75) is 41.1 Å². The fourth-order valence-electron chi connectivity index (χ4n) is 4.32. The lowest BCUT2D eigenvalue weighted by atomic mass is 9.97. The van der Waals surface area contributed by atoms with Crippen molar-refractivity contribution < 1.29 is 33.6 Å². The number of aromatic nitrogens is 3. The Morgan fingerprint density at radius 1 is 1.13 bits per heavy atom. The van der Waals surface area contributed by atoms with E-state index in [9.17, 15) is 28.9 Å². The molecule has 0 bridgehead atoms. The number of hydrogen-bond acceptors (Lipinski definition) is 8. The molecule has 3 N–H and O–H groups in total. The van der Waals surface area contributed by atoms with Crippen LogP contribution in [0, 0.1) is 11.6 Å². The van der Waals surface area contributed by atoms with Gasteiger partial charge in [0.15, 0.2) is 0 Å². The van der Waals surface area contributed by atoms with E-state index < -0.39 is 53.1 Å². The number of carbonyl (C=O) groups excluding carboxylic acids is 1. The quantitative estimate of drug-likeness (QED) is 0.377. The molecule has 202 valence electrons. The average Bonchev–Trinajstić information content (AvgIpc) is 3.33. The van der Waals surface area contributed by atoms with Crippen LogP contribution in [0.4, 0.5) is 8.78 Å². The van der Waals surface area contributed by atoms with E-state index in [1.165, 1.54) is 6.20 Å². The minimum atomic E-state index is -1.42. The Hall–Kier alpha value is -2.32. The number of thioether (sulfide) groups is 1. The van der Waals surface area contributed by atoms with Gasteiger partial charge in [-0.05, 0) is 36.8 Å². The zero-order valence-electron chi connectivity index (χ0n) is 19.5. The Kier molecular flexibility index (Phi) is 7.92. The zero-order chi connectivity index (χ0) is 27.1. The van der Waals surface area contributed by atoms with Gasteiger partial charge in [0.1, 0.15) is 52.1 Å². The van der Waals surface area contributed by atoms with Gasteiger partial charge in [-0.3, -0.25) is 4.79 Å². The number of amides is 1.